The molecule has 2 heterocycles. The molecular weight excluding hydrogens is 953 g/mol. The Morgan fingerprint density at radius 1 is 0.521 bits per heavy atom. The molecule has 0 unspecified atom stereocenters. The molecule has 2 amide bonds. The second-order valence-electron chi connectivity index (χ2n) is 17.4. The highest BCUT2D eigenvalue weighted by atomic mass is 32.2. The Kier molecular flexibility index (Phi) is 17.0. The summed E-state index contributed by atoms with van der Waals surface area (Å²) in [6, 6.07) is 36.9. The first-order valence-corrected chi connectivity index (χ1v) is 26.2. The van der Waals surface area contributed by atoms with Gasteiger partial charge in [0, 0.05) is 50.4 Å². The van der Waals surface area contributed by atoms with Crippen LogP contribution in [-0.2, 0) is 38.7 Å². The molecule has 6 aromatic carbocycles. The number of ether oxygens (including phenoxy) is 4. The number of amides is 2. The van der Waals surface area contributed by atoms with E-state index in [2.05, 4.69) is 6.07 Å². The molecule has 0 aromatic heterocycles. The van der Waals surface area contributed by atoms with Crippen molar-refractivity contribution < 1.29 is 65.4 Å². The van der Waals surface area contributed by atoms with Crippen molar-refractivity contribution in [1.82, 2.24) is 11.0 Å². The molecule has 374 valence electrons. The van der Waals surface area contributed by atoms with Crippen LogP contribution in [0.3, 0.4) is 0 Å². The highest BCUT2D eigenvalue weighted by molar-refractivity contribution is 7.94. The minimum atomic E-state index is -4.09. The predicted octanol–water partition coefficient (Wildman–Crippen LogP) is 7.73. The first-order chi connectivity index (χ1) is 34.1. The van der Waals surface area contributed by atoms with E-state index in [1.165, 1.54) is 65.1 Å². The molecule has 2 aliphatic rings. The number of hydroxylamine groups is 2. The van der Waals surface area contributed by atoms with Gasteiger partial charge in [-0.3, -0.25) is 29.6 Å². The molecule has 0 spiro atoms. The average Bonchev–Trinajstić information content (AvgIpc) is 3.40. The topological polar surface area (TPSA) is 238 Å². The summed E-state index contributed by atoms with van der Waals surface area (Å²) in [6.45, 7) is 3.02. The zero-order valence-corrected chi connectivity index (χ0v) is 40.8. The summed E-state index contributed by atoms with van der Waals surface area (Å²) in [5.41, 5.74) is 5.49. The Labute approximate surface area is 412 Å². The minimum Gasteiger partial charge on any atom is -0.494 e. The highest BCUT2D eigenvalue weighted by Crippen LogP contribution is 2.37. The second-order valence-corrected chi connectivity index (χ2v) is 21.9. The highest BCUT2D eigenvalue weighted by Gasteiger charge is 2.53. The Balaban J connectivity index is 0.000000209. The molecule has 0 bridgehead atoms. The molecule has 18 heteroatoms. The minimum absolute atomic E-state index is 0.0321. The van der Waals surface area contributed by atoms with E-state index >= 15 is 0 Å². The number of ketones is 2. The SMILES string of the molecule is Cc1ccc2cc(C(=O)CCCOc3ccc(S(=O)(=O)C4(C(=O)NO)CCOCC4)cc3)ccc2c1.O=C(CCCOc1ccc(S(=O)(=O)C2(C(=O)NO)CCOCC2)cc1)c1ccc2ccccc2c1. The van der Waals surface area contributed by atoms with Gasteiger partial charge >= 0.3 is 0 Å². The molecule has 0 radical (unpaired) electrons. The zero-order valence-electron chi connectivity index (χ0n) is 39.1. The van der Waals surface area contributed by atoms with Gasteiger partial charge in [0.05, 0.1) is 23.0 Å². The van der Waals surface area contributed by atoms with Crippen LogP contribution < -0.4 is 20.4 Å². The van der Waals surface area contributed by atoms with Crippen molar-refractivity contribution in [1.29, 1.82) is 0 Å². The maximum Gasteiger partial charge on any atom is 0.265 e. The quantitative estimate of drug-likeness (QED) is 0.0279. The maximum absolute atomic E-state index is 13.3. The molecule has 0 saturated carbocycles. The third-order valence-corrected chi connectivity index (χ3v) is 18.0. The zero-order chi connectivity index (χ0) is 50.7. The van der Waals surface area contributed by atoms with Crippen molar-refractivity contribution in [3.63, 3.8) is 0 Å². The van der Waals surface area contributed by atoms with E-state index in [1.54, 1.807) is 0 Å². The standard InChI is InChI=1S/C27H29NO7S.C26H27NO7S/c1-19-4-5-21-18-22(7-6-20(21)17-19)25(29)3-2-14-35-23-8-10-24(11-9-23)36(32,33)27(26(30)28-31)12-15-34-16-13-27;28-24(21-8-7-19-4-1-2-5-20(19)18-21)6-3-15-34-22-9-11-23(12-10-22)35(31,32)26(25(29)27-30)13-16-33-17-14-26/h4-11,17-18,31H,2-3,12-16H2,1H3,(H,28,30);1-2,4-5,7-12,18,30H,3,6,13-17H2,(H,27,29). The van der Waals surface area contributed by atoms with Crippen LogP contribution >= 0.6 is 0 Å². The second kappa shape index (κ2) is 23.1. The summed E-state index contributed by atoms with van der Waals surface area (Å²) in [5.74, 6) is -0.949. The van der Waals surface area contributed by atoms with Crippen LogP contribution in [0.1, 0.15) is 77.6 Å². The number of sulfone groups is 2. The molecular formula is C53H56N2O14S2. The third-order valence-electron chi connectivity index (χ3n) is 13.0. The normalized spacial score (nSPS) is 15.4. The lowest BCUT2D eigenvalue weighted by Crippen LogP contribution is -2.54. The molecule has 0 atom stereocenters. The fraction of sp³-hybridized carbons (Fsp3) is 0.321. The van der Waals surface area contributed by atoms with E-state index in [1.807, 2.05) is 79.7 Å². The number of rotatable bonds is 18. The summed E-state index contributed by atoms with van der Waals surface area (Å²) in [6.07, 6.45) is 1.46. The van der Waals surface area contributed by atoms with Crippen LogP contribution in [0.25, 0.3) is 21.5 Å². The van der Waals surface area contributed by atoms with Crippen LogP contribution in [-0.4, -0.2) is 99.8 Å². The fourth-order valence-corrected chi connectivity index (χ4v) is 12.6. The number of carbonyl (C=O) groups is 4. The Hall–Kier alpha value is -6.54. The summed E-state index contributed by atoms with van der Waals surface area (Å²) >= 11 is 0. The maximum atomic E-state index is 13.3. The molecule has 8 rings (SSSR count). The largest absolute Gasteiger partial charge is 0.494 e. The summed E-state index contributed by atoms with van der Waals surface area (Å²) < 4.78 is 71.3. The first-order valence-electron chi connectivity index (χ1n) is 23.2. The molecule has 4 N–H and O–H groups in total. The van der Waals surface area contributed by atoms with Crippen LogP contribution in [0.15, 0.2) is 137 Å². The molecule has 16 nitrogen and oxygen atoms in total. The van der Waals surface area contributed by atoms with E-state index < -0.39 is 41.0 Å². The van der Waals surface area contributed by atoms with Gasteiger partial charge in [-0.2, -0.15) is 0 Å². The molecule has 6 aromatic rings. The van der Waals surface area contributed by atoms with Gasteiger partial charge in [0.1, 0.15) is 11.5 Å². The van der Waals surface area contributed by atoms with Gasteiger partial charge < -0.3 is 18.9 Å². The van der Waals surface area contributed by atoms with Crippen molar-refractivity contribution in [3.8, 4) is 11.5 Å². The smallest absolute Gasteiger partial charge is 0.265 e. The number of Topliss-reactive ketones (excluding diaryl/α,β-unsaturated/α-hetero) is 2. The number of hydrogen-bond acceptors (Lipinski definition) is 14. The molecule has 2 aliphatic heterocycles. The lowest BCUT2D eigenvalue weighted by atomic mass is 9.98. The van der Waals surface area contributed by atoms with Gasteiger partial charge in [-0.1, -0.05) is 72.3 Å². The van der Waals surface area contributed by atoms with Gasteiger partial charge in [-0.05, 0) is 128 Å². The van der Waals surface area contributed by atoms with Gasteiger partial charge in [0.25, 0.3) is 11.8 Å². The molecule has 71 heavy (non-hydrogen) atoms. The number of hydrogen-bond donors (Lipinski definition) is 4. The van der Waals surface area contributed by atoms with E-state index in [9.17, 15) is 36.0 Å². The lowest BCUT2D eigenvalue weighted by Gasteiger charge is -2.34. The van der Waals surface area contributed by atoms with Gasteiger partial charge in [-0.25, -0.2) is 27.8 Å². The van der Waals surface area contributed by atoms with Crippen molar-refractivity contribution in [2.24, 2.45) is 0 Å². The average molecular weight is 1010 g/mol. The van der Waals surface area contributed by atoms with Gasteiger partial charge in [0.2, 0.25) is 0 Å². The Bertz CT molecular complexity index is 3090. The number of aryl methyl sites for hydroxylation is 1. The van der Waals surface area contributed by atoms with E-state index in [4.69, 9.17) is 29.4 Å². The Morgan fingerprint density at radius 3 is 1.34 bits per heavy atom. The van der Waals surface area contributed by atoms with Crippen molar-refractivity contribution >= 4 is 64.6 Å². The van der Waals surface area contributed by atoms with E-state index in [0.717, 1.165) is 21.5 Å². The number of benzene rings is 6. The number of fused-ring (bicyclic) bond motifs is 2. The molecule has 0 aliphatic carbocycles. The number of carbonyl (C=O) groups excluding carboxylic acids is 4. The predicted molar refractivity (Wildman–Crippen MR) is 263 cm³/mol. The van der Waals surface area contributed by atoms with Crippen LogP contribution in [0, 0.1) is 6.92 Å². The third kappa shape index (κ3) is 11.6. The number of nitrogens with one attached hydrogen (secondary N) is 2. The van der Waals surface area contributed by atoms with E-state index in [-0.39, 0.29) is 73.5 Å². The summed E-state index contributed by atoms with van der Waals surface area (Å²) in [4.78, 5) is 49.7. The Morgan fingerprint density at radius 2 is 0.901 bits per heavy atom. The van der Waals surface area contributed by atoms with Crippen molar-refractivity contribution in [2.75, 3.05) is 39.6 Å². The van der Waals surface area contributed by atoms with E-state index in [0.29, 0.717) is 61.5 Å². The molecule has 2 saturated heterocycles. The van der Waals surface area contributed by atoms with Gasteiger partial charge in [0.15, 0.2) is 40.7 Å². The van der Waals surface area contributed by atoms with Crippen LogP contribution in [0.2, 0.25) is 0 Å². The monoisotopic (exact) mass is 1010 g/mol. The van der Waals surface area contributed by atoms with Crippen molar-refractivity contribution in [2.45, 2.75) is 77.6 Å². The first kappa shape index (κ1) is 52.3. The lowest BCUT2D eigenvalue weighted by molar-refractivity contribution is -0.135. The van der Waals surface area contributed by atoms with Crippen molar-refractivity contribution in [3.05, 3.63) is 144 Å². The molecule has 2 fully saturated rings. The summed E-state index contributed by atoms with van der Waals surface area (Å²) in [5, 5.41) is 22.5. The summed E-state index contributed by atoms with van der Waals surface area (Å²) in [7, 11) is -8.18. The van der Waals surface area contributed by atoms with Gasteiger partial charge in [-0.15, -0.1) is 0 Å². The van der Waals surface area contributed by atoms with Crippen LogP contribution in [0.5, 0.6) is 11.5 Å². The van der Waals surface area contributed by atoms with Crippen LogP contribution in [0.4, 0.5) is 0 Å². The fourth-order valence-electron chi connectivity index (χ4n) is 8.76.